The molecule has 5 heteroatoms. The van der Waals surface area contributed by atoms with Gasteiger partial charge in [-0.05, 0) is 46.0 Å². The van der Waals surface area contributed by atoms with E-state index < -0.39 is 5.41 Å². The molecule has 0 fully saturated rings. The topological polar surface area (TPSA) is 71.7 Å². The van der Waals surface area contributed by atoms with Crippen LogP contribution in [0.4, 0.5) is 0 Å². The normalized spacial score (nSPS) is 12.4. The maximum atomic E-state index is 9.41. The Labute approximate surface area is 337 Å². The standard InChI is InChI=1S/C53H34N4O/c54-35-36-14-12-17-42(34-36)37-26-30-40(31-27-37)51-55-50(39-15-4-1-5-16-39)56-52(57-51)41-32-28-38(29-33-41)45-22-13-24-47-49(45)58-48-25-11-10-23-46(48)53(47,43-18-6-2-7-19-43)44-20-8-3-9-21-44/h1-34H. The van der Waals surface area contributed by atoms with Crippen LogP contribution in [0, 0.1) is 11.3 Å². The fraction of sp³-hybridized carbons (Fsp3) is 0.0189. The molecule has 1 aromatic heterocycles. The zero-order chi connectivity index (χ0) is 38.9. The Balaban J connectivity index is 1.07. The third-order valence-electron chi connectivity index (χ3n) is 10.9. The maximum Gasteiger partial charge on any atom is 0.164 e. The molecule has 58 heavy (non-hydrogen) atoms. The Morgan fingerprint density at radius 3 is 1.47 bits per heavy atom. The van der Waals surface area contributed by atoms with Crippen molar-refractivity contribution in [2.75, 3.05) is 0 Å². The second-order valence-electron chi connectivity index (χ2n) is 14.3. The summed E-state index contributed by atoms with van der Waals surface area (Å²) in [6.07, 6.45) is 0. The van der Waals surface area contributed by atoms with Crippen LogP contribution in [0.25, 0.3) is 56.4 Å². The molecule has 0 radical (unpaired) electrons. The first-order chi connectivity index (χ1) is 28.7. The lowest BCUT2D eigenvalue weighted by Gasteiger charge is -2.42. The number of nitriles is 1. The molecule has 0 N–H and O–H groups in total. The van der Waals surface area contributed by atoms with Crippen LogP contribution < -0.4 is 4.74 Å². The molecule has 1 aliphatic heterocycles. The summed E-state index contributed by atoms with van der Waals surface area (Å²) in [4.78, 5) is 15.0. The molecule has 0 aliphatic carbocycles. The van der Waals surface area contributed by atoms with Crippen LogP contribution in [0.2, 0.25) is 0 Å². The van der Waals surface area contributed by atoms with Crippen LogP contribution in [0.1, 0.15) is 27.8 Å². The number of rotatable bonds is 7. The Kier molecular flexibility index (Phi) is 8.70. The van der Waals surface area contributed by atoms with Crippen molar-refractivity contribution in [3.63, 3.8) is 0 Å². The number of hydrogen-bond donors (Lipinski definition) is 0. The Morgan fingerprint density at radius 2 is 0.862 bits per heavy atom. The molecule has 0 unspecified atom stereocenters. The highest BCUT2D eigenvalue weighted by Crippen LogP contribution is 2.57. The molecule has 0 atom stereocenters. The third-order valence-corrected chi connectivity index (χ3v) is 10.9. The predicted octanol–water partition coefficient (Wildman–Crippen LogP) is 12.6. The van der Waals surface area contributed by atoms with Gasteiger partial charge in [0, 0.05) is 33.4 Å². The minimum absolute atomic E-state index is 0.576. The van der Waals surface area contributed by atoms with Gasteiger partial charge in [-0.25, -0.2) is 15.0 Å². The van der Waals surface area contributed by atoms with Crippen molar-refractivity contribution in [1.29, 1.82) is 5.26 Å². The van der Waals surface area contributed by atoms with E-state index >= 15 is 0 Å². The molecule has 10 rings (SSSR count). The minimum atomic E-state index is -0.601. The van der Waals surface area contributed by atoms with Gasteiger partial charge in [0.05, 0.1) is 17.0 Å². The maximum absolute atomic E-state index is 9.41. The highest BCUT2D eigenvalue weighted by atomic mass is 16.5. The number of para-hydroxylation sites is 2. The lowest BCUT2D eigenvalue weighted by molar-refractivity contribution is 0.436. The van der Waals surface area contributed by atoms with Crippen molar-refractivity contribution in [3.05, 3.63) is 234 Å². The summed E-state index contributed by atoms with van der Waals surface area (Å²) in [6.45, 7) is 0. The summed E-state index contributed by atoms with van der Waals surface area (Å²) < 4.78 is 6.91. The zero-order valence-electron chi connectivity index (χ0n) is 31.3. The molecule has 2 heterocycles. The molecule has 0 saturated carbocycles. The Bertz CT molecular complexity index is 2920. The van der Waals surface area contributed by atoms with E-state index in [-0.39, 0.29) is 0 Å². The van der Waals surface area contributed by atoms with Crippen molar-refractivity contribution in [2.24, 2.45) is 0 Å². The zero-order valence-corrected chi connectivity index (χ0v) is 31.3. The molecule has 272 valence electrons. The quantitative estimate of drug-likeness (QED) is 0.163. The molecule has 5 nitrogen and oxygen atoms in total. The smallest absolute Gasteiger partial charge is 0.164 e. The highest BCUT2D eigenvalue weighted by molar-refractivity contribution is 5.81. The largest absolute Gasteiger partial charge is 0.456 e. The second kappa shape index (κ2) is 14.6. The van der Waals surface area contributed by atoms with Gasteiger partial charge in [-0.2, -0.15) is 5.26 Å². The summed E-state index contributed by atoms with van der Waals surface area (Å²) in [5.74, 6) is 3.42. The predicted molar refractivity (Wildman–Crippen MR) is 230 cm³/mol. The summed E-state index contributed by atoms with van der Waals surface area (Å²) in [6, 6.07) is 72.7. The van der Waals surface area contributed by atoms with Gasteiger partial charge in [0.15, 0.2) is 17.5 Å². The van der Waals surface area contributed by atoms with Crippen molar-refractivity contribution >= 4 is 0 Å². The van der Waals surface area contributed by atoms with E-state index in [4.69, 9.17) is 19.7 Å². The van der Waals surface area contributed by atoms with Gasteiger partial charge in [0.25, 0.3) is 0 Å². The van der Waals surface area contributed by atoms with Crippen LogP contribution in [0.15, 0.2) is 206 Å². The second-order valence-corrected chi connectivity index (χ2v) is 14.3. The molecule has 1 aliphatic rings. The fourth-order valence-corrected chi connectivity index (χ4v) is 8.18. The summed E-state index contributed by atoms with van der Waals surface area (Å²) >= 11 is 0. The van der Waals surface area contributed by atoms with Crippen LogP contribution in [-0.2, 0) is 5.41 Å². The minimum Gasteiger partial charge on any atom is -0.456 e. The van der Waals surface area contributed by atoms with E-state index in [9.17, 15) is 5.26 Å². The molecular weight excluding hydrogens is 709 g/mol. The summed E-state index contributed by atoms with van der Waals surface area (Å²) in [7, 11) is 0. The van der Waals surface area contributed by atoms with E-state index in [1.807, 2.05) is 84.9 Å². The lowest BCUT2D eigenvalue weighted by atomic mass is 9.63. The monoisotopic (exact) mass is 742 g/mol. The van der Waals surface area contributed by atoms with Crippen LogP contribution >= 0.6 is 0 Å². The van der Waals surface area contributed by atoms with E-state index in [0.717, 1.165) is 61.6 Å². The fourth-order valence-electron chi connectivity index (χ4n) is 8.18. The molecule has 0 saturated heterocycles. The number of fused-ring (bicyclic) bond motifs is 2. The van der Waals surface area contributed by atoms with Gasteiger partial charge >= 0.3 is 0 Å². The number of ether oxygens (including phenoxy) is 1. The summed E-state index contributed by atoms with van der Waals surface area (Å²) in [5, 5.41) is 9.41. The number of benzene rings is 8. The van der Waals surface area contributed by atoms with Gasteiger partial charge in [-0.3, -0.25) is 0 Å². The van der Waals surface area contributed by atoms with Crippen molar-refractivity contribution in [2.45, 2.75) is 5.41 Å². The average molecular weight is 743 g/mol. The first kappa shape index (κ1) is 34.5. The Hall–Kier alpha value is -7.94. The van der Waals surface area contributed by atoms with E-state index in [1.54, 1.807) is 0 Å². The number of hydrogen-bond acceptors (Lipinski definition) is 5. The van der Waals surface area contributed by atoms with Gasteiger partial charge < -0.3 is 4.74 Å². The van der Waals surface area contributed by atoms with Gasteiger partial charge in [0.2, 0.25) is 0 Å². The lowest BCUT2D eigenvalue weighted by Crippen LogP contribution is -2.34. The Morgan fingerprint density at radius 1 is 0.397 bits per heavy atom. The van der Waals surface area contributed by atoms with Gasteiger partial charge in [-0.1, -0.05) is 188 Å². The van der Waals surface area contributed by atoms with Gasteiger partial charge in [-0.15, -0.1) is 0 Å². The van der Waals surface area contributed by atoms with Crippen molar-refractivity contribution in [3.8, 4) is 74.0 Å². The highest BCUT2D eigenvalue weighted by Gasteiger charge is 2.45. The molecule has 8 aromatic carbocycles. The third kappa shape index (κ3) is 6.01. The van der Waals surface area contributed by atoms with Crippen LogP contribution in [-0.4, -0.2) is 15.0 Å². The van der Waals surface area contributed by atoms with Crippen LogP contribution in [0.5, 0.6) is 11.5 Å². The van der Waals surface area contributed by atoms with E-state index in [1.165, 1.54) is 11.1 Å². The molecule has 0 bridgehead atoms. The first-order valence-electron chi connectivity index (χ1n) is 19.2. The average Bonchev–Trinajstić information content (AvgIpc) is 3.31. The summed E-state index contributed by atoms with van der Waals surface area (Å²) in [5.41, 5.74) is 11.2. The molecule has 0 spiro atoms. The van der Waals surface area contributed by atoms with E-state index in [2.05, 4.69) is 127 Å². The molecule has 0 amide bonds. The molecular formula is C53H34N4O. The molecule has 9 aromatic rings. The number of nitrogens with zero attached hydrogens (tertiary/aromatic N) is 4. The SMILES string of the molecule is N#Cc1cccc(-c2ccc(-c3nc(-c4ccccc4)nc(-c4ccc(-c5cccc6c5Oc5ccccc5C6(c5ccccc5)c5ccccc5)cc4)n3)cc2)c1. The van der Waals surface area contributed by atoms with E-state index in [0.29, 0.717) is 23.0 Å². The van der Waals surface area contributed by atoms with Crippen LogP contribution in [0.3, 0.4) is 0 Å². The first-order valence-corrected chi connectivity index (χ1v) is 19.2. The number of aromatic nitrogens is 3. The van der Waals surface area contributed by atoms with Crippen molar-refractivity contribution < 1.29 is 4.74 Å². The van der Waals surface area contributed by atoms with Gasteiger partial charge in [0.1, 0.15) is 11.5 Å². The van der Waals surface area contributed by atoms with Crippen molar-refractivity contribution in [1.82, 2.24) is 15.0 Å².